The summed E-state index contributed by atoms with van der Waals surface area (Å²) in [6, 6.07) is 1.70. The first-order valence-corrected chi connectivity index (χ1v) is 6.76. The number of rotatable bonds is 1. The Morgan fingerprint density at radius 2 is 2.30 bits per heavy atom. The normalized spacial score (nSPS) is 17.1. The summed E-state index contributed by atoms with van der Waals surface area (Å²) in [5.74, 6) is 0.141. The smallest absolute Gasteiger partial charge is 0.276 e. The molecule has 112 valence electrons. The molecule has 0 amide bonds. The molecule has 1 aliphatic heterocycles. The first kappa shape index (κ1) is 16.2. The van der Waals surface area contributed by atoms with Crippen molar-refractivity contribution in [2.24, 2.45) is 0 Å². The molecule has 0 radical (unpaired) electrons. The van der Waals surface area contributed by atoms with Crippen LogP contribution >= 0.6 is 0 Å². The highest BCUT2D eigenvalue weighted by molar-refractivity contribution is 5.74. The molecular weight excluding hydrogens is 260 g/mol. The molecule has 0 spiro atoms. The van der Waals surface area contributed by atoms with Crippen molar-refractivity contribution in [1.29, 1.82) is 0 Å². The first-order chi connectivity index (χ1) is 9.70. The van der Waals surface area contributed by atoms with Crippen LogP contribution in [-0.2, 0) is 4.74 Å². The van der Waals surface area contributed by atoms with Crippen molar-refractivity contribution in [1.82, 2.24) is 15.0 Å². The number of anilines is 1. The monoisotopic (exact) mass is 282 g/mol. The van der Waals surface area contributed by atoms with Crippen molar-refractivity contribution in [3.05, 3.63) is 22.6 Å². The molecule has 0 bridgehead atoms. The number of nitrogens with one attached hydrogen (secondary N) is 2. The molecule has 0 saturated carbocycles. The number of nitrogens with zero attached hydrogens (tertiary/aromatic N) is 1. The van der Waals surface area contributed by atoms with Crippen LogP contribution in [-0.4, -0.2) is 39.4 Å². The minimum atomic E-state index is -0.238. The van der Waals surface area contributed by atoms with E-state index in [0.717, 1.165) is 19.4 Å². The molecule has 2 aromatic heterocycles. The number of ether oxygens (including phenoxy) is 1. The average molecular weight is 282 g/mol. The van der Waals surface area contributed by atoms with Crippen molar-refractivity contribution >= 4 is 17.0 Å². The summed E-state index contributed by atoms with van der Waals surface area (Å²) >= 11 is 0. The van der Waals surface area contributed by atoms with Gasteiger partial charge in [0.2, 0.25) is 5.95 Å². The lowest BCUT2D eigenvalue weighted by atomic mass is 10.2. The Bertz CT molecular complexity index is 558. The van der Waals surface area contributed by atoms with Crippen LogP contribution < -0.4 is 11.3 Å². The predicted molar refractivity (Wildman–Crippen MR) is 78.5 cm³/mol. The Morgan fingerprint density at radius 1 is 1.55 bits per heavy atom. The van der Waals surface area contributed by atoms with Gasteiger partial charge < -0.3 is 20.6 Å². The minimum Gasteiger partial charge on any atom is -0.394 e. The molecule has 1 fully saturated rings. The van der Waals surface area contributed by atoms with E-state index in [2.05, 4.69) is 15.0 Å². The quantitative estimate of drug-likeness (QED) is 0.623. The lowest BCUT2D eigenvalue weighted by molar-refractivity contribution is 0.0591. The van der Waals surface area contributed by atoms with E-state index in [-0.39, 0.29) is 24.2 Å². The van der Waals surface area contributed by atoms with Crippen LogP contribution in [0.1, 0.15) is 26.7 Å². The summed E-state index contributed by atoms with van der Waals surface area (Å²) in [4.78, 5) is 20.1. The summed E-state index contributed by atoms with van der Waals surface area (Å²) in [5, 5.41) is 8.44. The van der Waals surface area contributed by atoms with Gasteiger partial charge in [-0.2, -0.15) is 0 Å². The molecule has 1 saturated heterocycles. The van der Waals surface area contributed by atoms with Gasteiger partial charge in [0.05, 0.1) is 18.2 Å². The van der Waals surface area contributed by atoms with Crippen LogP contribution in [0.15, 0.2) is 17.1 Å². The Hall–Kier alpha value is -1.86. The molecule has 5 N–H and O–H groups in total. The second-order valence-electron chi connectivity index (χ2n) is 4.01. The van der Waals surface area contributed by atoms with Crippen LogP contribution in [0, 0.1) is 0 Å². The van der Waals surface area contributed by atoms with Gasteiger partial charge in [0, 0.05) is 12.8 Å². The van der Waals surface area contributed by atoms with E-state index in [1.54, 1.807) is 12.3 Å². The van der Waals surface area contributed by atoms with E-state index in [1.165, 1.54) is 0 Å². The number of fused-ring (bicyclic) bond motifs is 1. The molecule has 3 rings (SSSR count). The van der Waals surface area contributed by atoms with Crippen molar-refractivity contribution in [3.8, 4) is 0 Å². The van der Waals surface area contributed by atoms with Gasteiger partial charge in [-0.1, -0.05) is 13.8 Å². The standard InChI is InChI=1S/C6H6N4O.C5H10O2.C2H6/c7-6-9-3-1-2-8-4(3)5(11)10-6;6-4-5-2-1-3-7-5;1-2/h1-2,8H,(H3,7,9,10,11);5-6H,1-4H2;1-2H3/t;5-;/m.0./s1. The number of aromatic nitrogens is 3. The minimum absolute atomic E-state index is 0.141. The van der Waals surface area contributed by atoms with Crippen molar-refractivity contribution < 1.29 is 9.84 Å². The Balaban J connectivity index is 0.000000193. The van der Waals surface area contributed by atoms with Gasteiger partial charge in [0.25, 0.3) is 5.56 Å². The molecule has 20 heavy (non-hydrogen) atoms. The predicted octanol–water partition coefficient (Wildman–Crippen LogP) is 1.02. The molecular formula is C13H22N4O3. The van der Waals surface area contributed by atoms with E-state index < -0.39 is 0 Å². The molecule has 0 aliphatic carbocycles. The second kappa shape index (κ2) is 8.34. The summed E-state index contributed by atoms with van der Waals surface area (Å²) in [6.07, 6.45) is 3.95. The Labute approximate surface area is 117 Å². The molecule has 7 heteroatoms. The van der Waals surface area contributed by atoms with Crippen molar-refractivity contribution in [2.45, 2.75) is 32.8 Å². The van der Waals surface area contributed by atoms with Crippen molar-refractivity contribution in [3.63, 3.8) is 0 Å². The number of hydrogen-bond donors (Lipinski definition) is 4. The van der Waals surface area contributed by atoms with Gasteiger partial charge >= 0.3 is 0 Å². The topological polar surface area (TPSA) is 117 Å². The number of nitrogens with two attached hydrogens (primary N) is 1. The summed E-state index contributed by atoms with van der Waals surface area (Å²) in [7, 11) is 0. The fourth-order valence-corrected chi connectivity index (χ4v) is 1.76. The maximum Gasteiger partial charge on any atom is 0.276 e. The highest BCUT2D eigenvalue weighted by Crippen LogP contribution is 2.09. The van der Waals surface area contributed by atoms with E-state index in [4.69, 9.17) is 15.6 Å². The fraction of sp³-hybridized carbons (Fsp3) is 0.538. The number of aromatic amines is 2. The molecule has 7 nitrogen and oxygen atoms in total. The fourth-order valence-electron chi connectivity index (χ4n) is 1.76. The summed E-state index contributed by atoms with van der Waals surface area (Å²) in [6.45, 7) is 5.03. The summed E-state index contributed by atoms with van der Waals surface area (Å²) in [5.41, 5.74) is 6.11. The second-order valence-corrected chi connectivity index (χ2v) is 4.01. The van der Waals surface area contributed by atoms with Crippen LogP contribution in [0.4, 0.5) is 5.95 Å². The third kappa shape index (κ3) is 4.36. The van der Waals surface area contributed by atoms with E-state index in [1.807, 2.05) is 13.8 Å². The van der Waals surface area contributed by atoms with Gasteiger partial charge in [-0.05, 0) is 18.9 Å². The van der Waals surface area contributed by atoms with Crippen molar-refractivity contribution in [2.75, 3.05) is 18.9 Å². The zero-order valence-electron chi connectivity index (χ0n) is 11.8. The molecule has 1 aliphatic rings. The SMILES string of the molecule is CC.Nc1nc2cc[nH]c2c(=O)[nH]1.OC[C@@H]1CCCO1. The lowest BCUT2D eigenvalue weighted by Gasteiger charge is -2.00. The van der Waals surface area contributed by atoms with Crippen LogP contribution in [0.3, 0.4) is 0 Å². The molecule has 3 heterocycles. The molecule has 2 aromatic rings. The van der Waals surface area contributed by atoms with Gasteiger partial charge in [0.15, 0.2) is 0 Å². The Morgan fingerprint density at radius 3 is 2.85 bits per heavy atom. The maximum atomic E-state index is 11.1. The maximum absolute atomic E-state index is 11.1. The first-order valence-electron chi connectivity index (χ1n) is 6.76. The van der Waals surface area contributed by atoms with E-state index in [9.17, 15) is 4.79 Å². The van der Waals surface area contributed by atoms with E-state index >= 15 is 0 Å². The molecule has 0 unspecified atom stereocenters. The lowest BCUT2D eigenvalue weighted by Crippen LogP contribution is -2.10. The highest BCUT2D eigenvalue weighted by Gasteiger charge is 2.12. The van der Waals surface area contributed by atoms with Crippen LogP contribution in [0.2, 0.25) is 0 Å². The number of nitrogen functional groups attached to an aromatic ring is 1. The average Bonchev–Trinajstić information content (AvgIpc) is 3.12. The molecule has 0 aromatic carbocycles. The number of aliphatic hydroxyl groups excluding tert-OH is 1. The third-order valence-corrected chi connectivity index (χ3v) is 2.66. The number of H-pyrrole nitrogens is 2. The van der Waals surface area contributed by atoms with Crippen LogP contribution in [0.5, 0.6) is 0 Å². The number of aliphatic hydroxyl groups is 1. The van der Waals surface area contributed by atoms with Gasteiger partial charge in [-0.25, -0.2) is 4.98 Å². The zero-order valence-corrected chi connectivity index (χ0v) is 11.8. The van der Waals surface area contributed by atoms with Gasteiger partial charge in [0.1, 0.15) is 5.52 Å². The third-order valence-electron chi connectivity index (χ3n) is 2.66. The zero-order chi connectivity index (χ0) is 15.0. The van der Waals surface area contributed by atoms with Crippen LogP contribution in [0.25, 0.3) is 11.0 Å². The van der Waals surface area contributed by atoms with Gasteiger partial charge in [-0.3, -0.25) is 9.78 Å². The highest BCUT2D eigenvalue weighted by atomic mass is 16.5. The summed E-state index contributed by atoms with van der Waals surface area (Å²) < 4.78 is 5.05. The number of hydrogen-bond acceptors (Lipinski definition) is 5. The largest absolute Gasteiger partial charge is 0.394 e. The Kier molecular flexibility index (Phi) is 6.75. The van der Waals surface area contributed by atoms with E-state index in [0.29, 0.717) is 11.0 Å². The molecule has 1 atom stereocenters. The van der Waals surface area contributed by atoms with Gasteiger partial charge in [-0.15, -0.1) is 0 Å².